The summed E-state index contributed by atoms with van der Waals surface area (Å²) in [5, 5.41) is 3.73. The van der Waals surface area contributed by atoms with E-state index >= 15 is 0 Å². The third-order valence-electron chi connectivity index (χ3n) is 3.79. The smallest absolute Gasteiger partial charge is 0.0317 e. The molecule has 2 unspecified atom stereocenters. The Kier molecular flexibility index (Phi) is 2.44. The van der Waals surface area contributed by atoms with Gasteiger partial charge in [0.1, 0.15) is 0 Å². The summed E-state index contributed by atoms with van der Waals surface area (Å²) in [5.41, 5.74) is 4.76. The highest BCUT2D eigenvalue weighted by atomic mass is 15.0. The molecule has 1 saturated heterocycles. The molecule has 1 aliphatic carbocycles. The molecule has 0 radical (unpaired) electrons. The van der Waals surface area contributed by atoms with E-state index in [1.54, 1.807) is 0 Å². The van der Waals surface area contributed by atoms with Gasteiger partial charge in [-0.15, -0.1) is 0 Å². The van der Waals surface area contributed by atoms with Crippen molar-refractivity contribution in [1.82, 2.24) is 5.32 Å². The van der Waals surface area contributed by atoms with Crippen LogP contribution in [0.4, 0.5) is 0 Å². The van der Waals surface area contributed by atoms with Gasteiger partial charge in [0.2, 0.25) is 0 Å². The molecule has 0 saturated carbocycles. The van der Waals surface area contributed by atoms with Crippen LogP contribution >= 0.6 is 0 Å². The van der Waals surface area contributed by atoms with Crippen molar-refractivity contribution in [2.75, 3.05) is 0 Å². The van der Waals surface area contributed by atoms with Crippen LogP contribution in [-0.2, 0) is 0 Å². The van der Waals surface area contributed by atoms with Crippen LogP contribution in [-0.4, -0.2) is 5.54 Å². The van der Waals surface area contributed by atoms with Crippen LogP contribution in [0.25, 0.3) is 0 Å². The summed E-state index contributed by atoms with van der Waals surface area (Å²) < 4.78 is 0. The molecule has 1 fully saturated rings. The first kappa shape index (κ1) is 10.8. The Morgan fingerprint density at radius 1 is 1.33 bits per heavy atom. The number of hydrogen-bond donors (Lipinski definition) is 1. The largest absolute Gasteiger partial charge is 0.383 e. The summed E-state index contributed by atoms with van der Waals surface area (Å²) >= 11 is 0. The maximum Gasteiger partial charge on any atom is 0.0317 e. The molecular formula is C14H23N. The van der Waals surface area contributed by atoms with Gasteiger partial charge < -0.3 is 5.32 Å². The second-order valence-corrected chi connectivity index (χ2v) is 6.09. The van der Waals surface area contributed by atoms with Gasteiger partial charge in [0, 0.05) is 17.2 Å². The minimum Gasteiger partial charge on any atom is -0.383 e. The Hall–Kier alpha value is -0.720. The fourth-order valence-electron chi connectivity index (χ4n) is 3.29. The van der Waals surface area contributed by atoms with Gasteiger partial charge in [-0.05, 0) is 52.0 Å². The van der Waals surface area contributed by atoms with Crippen molar-refractivity contribution in [2.24, 2.45) is 11.8 Å². The molecule has 1 N–H and O–H groups in total. The third-order valence-corrected chi connectivity index (χ3v) is 3.79. The zero-order valence-corrected chi connectivity index (χ0v) is 10.6. The molecule has 0 aromatic rings. The highest BCUT2D eigenvalue weighted by Crippen LogP contribution is 2.41. The third kappa shape index (κ3) is 1.97. The van der Waals surface area contributed by atoms with E-state index in [1.165, 1.54) is 29.7 Å². The molecule has 84 valence electrons. The summed E-state index contributed by atoms with van der Waals surface area (Å²) in [6.07, 6.45) is 4.87. The Balaban J connectivity index is 2.36. The average molecular weight is 205 g/mol. The van der Waals surface area contributed by atoms with E-state index in [2.05, 4.69) is 46.0 Å². The summed E-state index contributed by atoms with van der Waals surface area (Å²) in [6, 6.07) is 0. The van der Waals surface area contributed by atoms with Crippen LogP contribution in [0.3, 0.4) is 0 Å². The Morgan fingerprint density at radius 2 is 2.00 bits per heavy atom. The molecule has 2 aliphatic rings. The number of rotatable bonds is 0. The van der Waals surface area contributed by atoms with E-state index in [-0.39, 0.29) is 5.54 Å². The molecule has 0 amide bonds. The average Bonchev–Trinajstić information content (AvgIpc) is 2.06. The monoisotopic (exact) mass is 205 g/mol. The first-order valence-electron chi connectivity index (χ1n) is 6.05. The van der Waals surface area contributed by atoms with Gasteiger partial charge in [-0.1, -0.05) is 18.6 Å². The number of hydrogen-bond acceptors (Lipinski definition) is 1. The van der Waals surface area contributed by atoms with Gasteiger partial charge in [-0.3, -0.25) is 0 Å². The molecular weight excluding hydrogens is 182 g/mol. The summed E-state index contributed by atoms with van der Waals surface area (Å²) in [5.74, 6) is 1.54. The van der Waals surface area contributed by atoms with Crippen molar-refractivity contribution < 1.29 is 0 Å². The highest BCUT2D eigenvalue weighted by molar-refractivity contribution is 5.35. The number of nitrogens with one attached hydrogen (secondary N) is 1. The van der Waals surface area contributed by atoms with E-state index < -0.39 is 0 Å². The number of allylic oxidation sites excluding steroid dienone is 4. The van der Waals surface area contributed by atoms with Crippen LogP contribution in [0, 0.1) is 11.8 Å². The van der Waals surface area contributed by atoms with E-state index in [4.69, 9.17) is 0 Å². The van der Waals surface area contributed by atoms with E-state index in [0.717, 1.165) is 11.8 Å². The van der Waals surface area contributed by atoms with Gasteiger partial charge in [-0.2, -0.15) is 0 Å². The Morgan fingerprint density at radius 3 is 2.67 bits per heavy atom. The molecule has 1 aliphatic heterocycles. The van der Waals surface area contributed by atoms with Gasteiger partial charge in [-0.25, -0.2) is 0 Å². The van der Waals surface area contributed by atoms with Gasteiger partial charge in [0.15, 0.2) is 0 Å². The number of fused-ring (bicyclic) bond motifs is 1. The lowest BCUT2D eigenvalue weighted by Crippen LogP contribution is -2.49. The maximum absolute atomic E-state index is 3.73. The molecule has 0 aromatic heterocycles. The van der Waals surface area contributed by atoms with Crippen molar-refractivity contribution in [3.8, 4) is 0 Å². The predicted octanol–water partition coefficient (Wildman–Crippen LogP) is 3.63. The molecule has 0 spiro atoms. The number of piperidine rings is 1. The van der Waals surface area contributed by atoms with Crippen molar-refractivity contribution in [1.29, 1.82) is 0 Å². The normalized spacial score (nSPS) is 34.3. The molecule has 1 heterocycles. The molecule has 0 aromatic carbocycles. The van der Waals surface area contributed by atoms with Crippen LogP contribution in [0.15, 0.2) is 22.9 Å². The maximum atomic E-state index is 3.73. The summed E-state index contributed by atoms with van der Waals surface area (Å²) in [6.45, 7) is 11.5. The van der Waals surface area contributed by atoms with Gasteiger partial charge >= 0.3 is 0 Å². The lowest BCUT2D eigenvalue weighted by Gasteiger charge is -2.45. The first-order valence-corrected chi connectivity index (χ1v) is 6.05. The topological polar surface area (TPSA) is 12.0 Å². The van der Waals surface area contributed by atoms with E-state index in [0.29, 0.717) is 0 Å². The molecule has 1 heteroatoms. The molecule has 1 nitrogen and oxygen atoms in total. The Labute approximate surface area is 93.6 Å². The quantitative estimate of drug-likeness (QED) is 0.636. The zero-order valence-electron chi connectivity index (χ0n) is 10.6. The highest BCUT2D eigenvalue weighted by Gasteiger charge is 2.36. The fraction of sp³-hybridized carbons (Fsp3) is 0.714. The van der Waals surface area contributed by atoms with Crippen LogP contribution in [0.1, 0.15) is 47.5 Å². The standard InChI is InChI=1S/C14H23N/c1-9-6-10(2)13-12(7-9)11(3)8-14(4,5)15-13/h6,11-12,15H,7-8H2,1-5H3. The van der Waals surface area contributed by atoms with Gasteiger partial charge in [0.05, 0.1) is 0 Å². The lowest BCUT2D eigenvalue weighted by molar-refractivity contribution is 0.209. The molecule has 0 bridgehead atoms. The second kappa shape index (κ2) is 3.40. The van der Waals surface area contributed by atoms with Crippen molar-refractivity contribution in [3.05, 3.63) is 22.9 Å². The Bertz CT molecular complexity index is 333. The van der Waals surface area contributed by atoms with Crippen molar-refractivity contribution >= 4 is 0 Å². The lowest BCUT2D eigenvalue weighted by atomic mass is 9.71. The summed E-state index contributed by atoms with van der Waals surface area (Å²) in [7, 11) is 0. The minimum atomic E-state index is 0.269. The van der Waals surface area contributed by atoms with Crippen LogP contribution in [0.2, 0.25) is 0 Å². The predicted molar refractivity (Wildman–Crippen MR) is 65.6 cm³/mol. The zero-order chi connectivity index (χ0) is 11.2. The summed E-state index contributed by atoms with van der Waals surface area (Å²) in [4.78, 5) is 0. The molecule has 2 atom stereocenters. The van der Waals surface area contributed by atoms with Crippen LogP contribution in [0.5, 0.6) is 0 Å². The molecule has 2 rings (SSSR count). The van der Waals surface area contributed by atoms with Crippen molar-refractivity contribution in [2.45, 2.75) is 53.0 Å². The first-order chi connectivity index (χ1) is 6.89. The van der Waals surface area contributed by atoms with Crippen LogP contribution < -0.4 is 5.32 Å². The fourth-order valence-corrected chi connectivity index (χ4v) is 3.29. The van der Waals surface area contributed by atoms with Gasteiger partial charge in [0.25, 0.3) is 0 Å². The van der Waals surface area contributed by atoms with Crippen molar-refractivity contribution in [3.63, 3.8) is 0 Å². The van der Waals surface area contributed by atoms with E-state index in [1.807, 2.05) is 0 Å². The SMILES string of the molecule is CC1=CC(C)=C2NC(C)(C)CC(C)C2C1. The second-order valence-electron chi connectivity index (χ2n) is 6.09. The minimum absolute atomic E-state index is 0.269. The van der Waals surface area contributed by atoms with E-state index in [9.17, 15) is 0 Å². The molecule has 15 heavy (non-hydrogen) atoms.